The van der Waals surface area contributed by atoms with Crippen LogP contribution in [0.3, 0.4) is 0 Å². The van der Waals surface area contributed by atoms with Gasteiger partial charge in [0.15, 0.2) is 0 Å². The quantitative estimate of drug-likeness (QED) is 0.803. The zero-order valence-electron chi connectivity index (χ0n) is 9.44. The van der Waals surface area contributed by atoms with Crippen molar-refractivity contribution in [1.29, 1.82) is 0 Å². The fourth-order valence-electron chi connectivity index (χ4n) is 2.24. The molecule has 5 heteroatoms. The van der Waals surface area contributed by atoms with Crippen LogP contribution >= 0.6 is 0 Å². The van der Waals surface area contributed by atoms with Crippen LogP contribution in [-0.2, 0) is 0 Å². The number of amides is 1. The number of hydrogen-bond acceptors (Lipinski definition) is 3. The molecule has 0 saturated carbocycles. The first-order chi connectivity index (χ1) is 8.36. The van der Waals surface area contributed by atoms with E-state index in [1.807, 2.05) is 4.90 Å². The van der Waals surface area contributed by atoms with Crippen molar-refractivity contribution in [2.75, 3.05) is 13.1 Å². The summed E-state index contributed by atoms with van der Waals surface area (Å²) in [6.45, 7) is 1.69. The number of piperidine rings is 1. The lowest BCUT2D eigenvalue weighted by atomic mass is 10.1. The molecule has 0 aliphatic carbocycles. The van der Waals surface area contributed by atoms with Gasteiger partial charge in [-0.15, -0.1) is 0 Å². The highest BCUT2D eigenvalue weighted by atomic mass is 16.2. The number of aromatic amines is 1. The third-order valence-electron chi connectivity index (χ3n) is 3.15. The fraction of sp³-hybridized carbons (Fsp3) is 0.417. The Hall–Kier alpha value is -1.91. The van der Waals surface area contributed by atoms with E-state index in [0.29, 0.717) is 16.6 Å². The monoisotopic (exact) mass is 229 g/mol. The van der Waals surface area contributed by atoms with Gasteiger partial charge in [0.25, 0.3) is 5.91 Å². The normalized spacial score (nSPS) is 16.4. The molecule has 2 aromatic rings. The molecule has 1 aliphatic heterocycles. The number of carbonyl (C=O) groups excluding carboxylic acids is 1. The molecule has 5 nitrogen and oxygen atoms in total. The lowest BCUT2D eigenvalue weighted by molar-refractivity contribution is 0.0726. The minimum Gasteiger partial charge on any atom is -0.345 e. The number of aromatic nitrogens is 3. The van der Waals surface area contributed by atoms with Gasteiger partial charge < -0.3 is 9.88 Å². The zero-order valence-corrected chi connectivity index (χ0v) is 9.44. The fourth-order valence-corrected chi connectivity index (χ4v) is 2.24. The molecule has 0 unspecified atom stereocenters. The Morgan fingerprint density at radius 3 is 3.00 bits per heavy atom. The Morgan fingerprint density at radius 2 is 2.18 bits per heavy atom. The van der Waals surface area contributed by atoms with Crippen LogP contribution in [0.15, 0.2) is 12.5 Å². The predicted octanol–water partition coefficient (Wildman–Crippen LogP) is 1.38. The highest BCUT2D eigenvalue weighted by molar-refractivity contribution is 6.05. The van der Waals surface area contributed by atoms with Crippen molar-refractivity contribution < 1.29 is 4.79 Å². The van der Waals surface area contributed by atoms with Gasteiger partial charge >= 0.3 is 0 Å². The van der Waals surface area contributed by atoms with Gasteiger partial charge in [0.05, 0.1) is 10.9 Å². The number of H-pyrrole nitrogens is 1. The van der Waals surface area contributed by atoms with E-state index in [-0.39, 0.29) is 5.91 Å². The van der Waals surface area contributed by atoms with Crippen molar-refractivity contribution in [3.8, 4) is 0 Å². The van der Waals surface area contributed by atoms with Crippen molar-refractivity contribution in [2.24, 2.45) is 0 Å². The molecule has 17 heavy (non-hydrogen) atoms. The summed E-state index contributed by atoms with van der Waals surface area (Å²) in [7, 11) is 0. The Bertz CT molecular complexity index is 542. The summed E-state index contributed by atoms with van der Waals surface area (Å²) < 4.78 is 0. The lowest BCUT2D eigenvalue weighted by Gasteiger charge is -2.26. The van der Waals surface area contributed by atoms with Crippen molar-refractivity contribution in [3.63, 3.8) is 0 Å². The Morgan fingerprint density at radius 1 is 1.35 bits per heavy atom. The van der Waals surface area contributed by atoms with Gasteiger partial charge in [-0.1, -0.05) is 0 Å². The molecule has 3 heterocycles. The van der Waals surface area contributed by atoms with Crippen LogP contribution in [0.1, 0.15) is 29.6 Å². The molecule has 1 aliphatic rings. The summed E-state index contributed by atoms with van der Waals surface area (Å²) in [4.78, 5) is 25.1. The van der Waals surface area contributed by atoms with Crippen LogP contribution in [0.5, 0.6) is 0 Å². The molecule has 3 rings (SSSR count). The summed E-state index contributed by atoms with van der Waals surface area (Å²) in [6.07, 6.45) is 9.35. The van der Waals surface area contributed by atoms with Gasteiger partial charge in [-0.3, -0.25) is 4.79 Å². The maximum Gasteiger partial charge on any atom is 0.256 e. The van der Waals surface area contributed by atoms with E-state index >= 15 is 0 Å². The largest absolute Gasteiger partial charge is 0.345 e. The van der Waals surface area contributed by atoms with E-state index in [1.54, 1.807) is 6.20 Å². The summed E-state index contributed by atoms with van der Waals surface area (Å²) >= 11 is 0. The van der Waals surface area contributed by atoms with Crippen LogP contribution in [-0.4, -0.2) is 38.8 Å². The van der Waals surface area contributed by atoms with Crippen LogP contribution in [0.2, 0.25) is 0 Å². The second kappa shape index (κ2) is 4.16. The zero-order chi connectivity index (χ0) is 11.7. The molecule has 1 N–H and O–H groups in total. The highest BCUT2D eigenvalue weighted by Gasteiger charge is 2.21. The number of carbonyl (C=O) groups is 1. The molecule has 1 fully saturated rings. The second-order valence-electron chi connectivity index (χ2n) is 4.26. The third-order valence-corrected chi connectivity index (χ3v) is 3.15. The number of likely N-dealkylation sites (tertiary alicyclic amines) is 1. The molecule has 87 valence electrons. The molecular weight excluding hydrogens is 216 g/mol. The molecule has 0 aromatic carbocycles. The van der Waals surface area contributed by atoms with E-state index in [4.69, 9.17) is 0 Å². The molecule has 0 atom stereocenters. The predicted molar refractivity (Wildman–Crippen MR) is 62.5 cm³/mol. The van der Waals surface area contributed by atoms with Crippen LogP contribution in [0.4, 0.5) is 0 Å². The van der Waals surface area contributed by atoms with Crippen LogP contribution < -0.4 is 0 Å². The first kappa shape index (κ1) is 10.3. The average molecular weight is 229 g/mol. The van der Waals surface area contributed by atoms with Gasteiger partial charge in [0.1, 0.15) is 18.2 Å². The summed E-state index contributed by atoms with van der Waals surface area (Å²) in [5.74, 6) is 0.0574. The summed E-state index contributed by atoms with van der Waals surface area (Å²) in [6, 6.07) is 0. The van der Waals surface area contributed by atoms with Crippen molar-refractivity contribution in [1.82, 2.24) is 19.9 Å². The molecule has 1 saturated heterocycles. The average Bonchev–Trinajstić information content (AvgIpc) is 2.83. The van der Waals surface area contributed by atoms with E-state index < -0.39 is 0 Å². The van der Waals surface area contributed by atoms with Gasteiger partial charge in [0, 0.05) is 19.3 Å². The van der Waals surface area contributed by atoms with Crippen molar-refractivity contribution >= 4 is 16.9 Å². The van der Waals surface area contributed by atoms with Crippen molar-refractivity contribution in [2.45, 2.75) is 19.3 Å². The van der Waals surface area contributed by atoms with Crippen LogP contribution in [0, 0.1) is 6.20 Å². The van der Waals surface area contributed by atoms with E-state index in [9.17, 15) is 4.79 Å². The topological polar surface area (TPSA) is 61.9 Å². The first-order valence-corrected chi connectivity index (χ1v) is 5.85. The number of nitrogens with zero attached hydrogens (tertiary/aromatic N) is 3. The minimum absolute atomic E-state index is 0.0574. The molecular formula is C12H13N4O. The number of hydrogen-bond donors (Lipinski definition) is 1. The van der Waals surface area contributed by atoms with Gasteiger partial charge in [-0.2, -0.15) is 0 Å². The third kappa shape index (κ3) is 1.77. The maximum atomic E-state index is 12.3. The Kier molecular flexibility index (Phi) is 2.51. The van der Waals surface area contributed by atoms with Crippen molar-refractivity contribution in [3.05, 3.63) is 24.3 Å². The van der Waals surface area contributed by atoms with Gasteiger partial charge in [-0.05, 0) is 19.3 Å². The molecule has 0 bridgehead atoms. The smallest absolute Gasteiger partial charge is 0.256 e. The maximum absolute atomic E-state index is 12.3. The Labute approximate surface area is 98.9 Å². The second-order valence-corrected chi connectivity index (χ2v) is 4.26. The van der Waals surface area contributed by atoms with Gasteiger partial charge in [-0.25, -0.2) is 9.97 Å². The SMILES string of the molecule is O=C(c1c[nH]c2ncn[c]c12)N1CCCCC1. The molecule has 2 aromatic heterocycles. The van der Waals surface area contributed by atoms with Crippen LogP contribution in [0.25, 0.3) is 11.0 Å². The summed E-state index contributed by atoms with van der Waals surface area (Å²) in [5.41, 5.74) is 1.29. The number of fused-ring (bicyclic) bond motifs is 1. The van der Waals surface area contributed by atoms with E-state index in [2.05, 4.69) is 21.1 Å². The van der Waals surface area contributed by atoms with E-state index in [1.165, 1.54) is 12.7 Å². The Balaban J connectivity index is 1.95. The first-order valence-electron chi connectivity index (χ1n) is 5.85. The molecule has 0 spiro atoms. The molecule has 1 amide bonds. The number of nitrogens with one attached hydrogen (secondary N) is 1. The van der Waals surface area contributed by atoms with E-state index in [0.717, 1.165) is 25.9 Å². The standard InChI is InChI=1S/C12H13N4O/c17-12(16-4-2-1-3-5-16)10-7-14-11-9(10)6-13-8-15-11/h7-8H,1-5H2,(H,13,14,15). The minimum atomic E-state index is 0.0574. The number of rotatable bonds is 1. The van der Waals surface area contributed by atoms with Gasteiger partial charge in [0.2, 0.25) is 0 Å². The molecule has 1 radical (unpaired) electrons. The lowest BCUT2D eigenvalue weighted by Crippen LogP contribution is -2.35. The summed E-state index contributed by atoms with van der Waals surface area (Å²) in [5, 5.41) is 0.683. The highest BCUT2D eigenvalue weighted by Crippen LogP contribution is 2.18.